The third-order valence-corrected chi connectivity index (χ3v) is 3.00. The third kappa shape index (κ3) is 5.62. The largest absolute Gasteiger partial charge is 0.489 e. The van der Waals surface area contributed by atoms with E-state index in [2.05, 4.69) is 0 Å². The number of hydrogen-bond acceptors (Lipinski definition) is 3. The first kappa shape index (κ1) is 16.1. The highest BCUT2D eigenvalue weighted by Crippen LogP contribution is 2.25. The van der Waals surface area contributed by atoms with Gasteiger partial charge in [-0.25, -0.2) is 0 Å². The van der Waals surface area contributed by atoms with Crippen LogP contribution in [-0.2, 0) is 4.74 Å². The van der Waals surface area contributed by atoms with Crippen molar-refractivity contribution in [2.45, 2.75) is 13.8 Å². The zero-order valence-corrected chi connectivity index (χ0v) is 13.1. The molecule has 0 radical (unpaired) electrons. The van der Waals surface area contributed by atoms with Crippen LogP contribution in [0.2, 0.25) is 0 Å². The molecule has 0 fully saturated rings. The van der Waals surface area contributed by atoms with Gasteiger partial charge >= 0.3 is 0 Å². The van der Waals surface area contributed by atoms with Gasteiger partial charge < -0.3 is 14.2 Å². The van der Waals surface area contributed by atoms with Crippen LogP contribution in [0.25, 0.3) is 0 Å². The van der Waals surface area contributed by atoms with Crippen LogP contribution in [-0.4, -0.2) is 19.8 Å². The smallest absolute Gasteiger partial charge is 0.131 e. The predicted molar refractivity (Wildman–Crippen MR) is 88.7 cm³/mol. The molecule has 0 saturated heterocycles. The highest BCUT2D eigenvalue weighted by Gasteiger charge is 2.00. The first-order valence-corrected chi connectivity index (χ1v) is 7.47. The van der Waals surface area contributed by atoms with Gasteiger partial charge in [0.2, 0.25) is 0 Å². The van der Waals surface area contributed by atoms with Crippen LogP contribution in [0.4, 0.5) is 0 Å². The maximum absolute atomic E-state index is 5.79. The predicted octanol–water partition coefficient (Wildman–Crippen LogP) is 4.84. The monoisotopic (exact) mass is 298 g/mol. The van der Waals surface area contributed by atoms with Crippen LogP contribution in [0.5, 0.6) is 17.2 Å². The lowest BCUT2D eigenvalue weighted by atomic mass is 10.3. The lowest BCUT2D eigenvalue weighted by Crippen LogP contribution is -2.00. The zero-order chi connectivity index (χ0) is 15.6. The Balaban J connectivity index is 1.90. The summed E-state index contributed by atoms with van der Waals surface area (Å²) in [4.78, 5) is 0. The van der Waals surface area contributed by atoms with E-state index in [-0.39, 0.29) is 0 Å². The molecule has 3 nitrogen and oxygen atoms in total. The van der Waals surface area contributed by atoms with Crippen LogP contribution < -0.4 is 9.47 Å². The molecule has 0 heterocycles. The molecule has 0 N–H and O–H groups in total. The minimum absolute atomic E-state index is 0.544. The summed E-state index contributed by atoms with van der Waals surface area (Å²) in [5.41, 5.74) is 1.14. The van der Waals surface area contributed by atoms with Gasteiger partial charge in [0.1, 0.15) is 23.9 Å². The summed E-state index contributed by atoms with van der Waals surface area (Å²) in [6, 6.07) is 17.4. The van der Waals surface area contributed by atoms with Crippen LogP contribution in [0.3, 0.4) is 0 Å². The van der Waals surface area contributed by atoms with E-state index in [1.54, 1.807) is 0 Å². The van der Waals surface area contributed by atoms with Gasteiger partial charge in [-0.3, -0.25) is 0 Å². The molecule has 0 saturated carbocycles. The zero-order valence-electron chi connectivity index (χ0n) is 13.1. The maximum Gasteiger partial charge on any atom is 0.131 e. The third-order valence-electron chi connectivity index (χ3n) is 3.00. The first-order valence-electron chi connectivity index (χ1n) is 7.47. The van der Waals surface area contributed by atoms with Crippen molar-refractivity contribution in [3.63, 3.8) is 0 Å². The number of benzene rings is 2. The molecular weight excluding hydrogens is 276 g/mol. The molecule has 116 valence electrons. The molecule has 0 bridgehead atoms. The van der Waals surface area contributed by atoms with Gasteiger partial charge in [0.15, 0.2) is 0 Å². The topological polar surface area (TPSA) is 27.7 Å². The maximum atomic E-state index is 5.79. The Morgan fingerprint density at radius 3 is 2.45 bits per heavy atom. The molecule has 2 aromatic rings. The molecule has 3 heteroatoms. The summed E-state index contributed by atoms with van der Waals surface area (Å²) in [6.07, 6.45) is 2.04. The minimum atomic E-state index is 0.544. The van der Waals surface area contributed by atoms with Crippen LogP contribution >= 0.6 is 0 Å². The molecule has 0 aliphatic rings. The Bertz CT molecular complexity index is 591. The fraction of sp³-hybridized carbons (Fsp3) is 0.263. The molecule has 0 spiro atoms. The molecule has 0 aliphatic heterocycles. The lowest BCUT2D eigenvalue weighted by molar-refractivity contribution is 0.176. The number of para-hydroxylation sites is 1. The molecule has 0 atom stereocenters. The summed E-state index contributed by atoms with van der Waals surface area (Å²) < 4.78 is 16.9. The van der Waals surface area contributed by atoms with Crippen molar-refractivity contribution in [2.24, 2.45) is 0 Å². The molecule has 0 amide bonds. The second-order valence-electron chi connectivity index (χ2n) is 4.89. The fourth-order valence-electron chi connectivity index (χ4n) is 1.83. The van der Waals surface area contributed by atoms with E-state index in [4.69, 9.17) is 14.2 Å². The summed E-state index contributed by atoms with van der Waals surface area (Å²) >= 11 is 0. The summed E-state index contributed by atoms with van der Waals surface area (Å²) in [7, 11) is 0. The highest BCUT2D eigenvalue weighted by molar-refractivity contribution is 5.36. The number of ether oxygens (including phenoxy) is 3. The van der Waals surface area contributed by atoms with Crippen molar-refractivity contribution < 1.29 is 14.2 Å². The average Bonchev–Trinajstić information content (AvgIpc) is 2.55. The fourth-order valence-corrected chi connectivity index (χ4v) is 1.83. The average molecular weight is 298 g/mol. The highest BCUT2D eigenvalue weighted by atomic mass is 16.5. The second-order valence-corrected chi connectivity index (χ2v) is 4.89. The van der Waals surface area contributed by atoms with Crippen molar-refractivity contribution in [1.29, 1.82) is 0 Å². The Morgan fingerprint density at radius 1 is 0.955 bits per heavy atom. The second kappa shape index (κ2) is 8.90. The van der Waals surface area contributed by atoms with E-state index in [1.807, 2.05) is 74.5 Å². The molecule has 2 aromatic carbocycles. The van der Waals surface area contributed by atoms with Gasteiger partial charge in [-0.05, 0) is 43.7 Å². The minimum Gasteiger partial charge on any atom is -0.489 e. The quantitative estimate of drug-likeness (QED) is 0.515. The van der Waals surface area contributed by atoms with Crippen molar-refractivity contribution in [3.8, 4) is 17.2 Å². The molecule has 2 rings (SSSR count). The Labute approximate surface area is 132 Å². The standard InChI is InChI=1S/C19H22O3/c1-3-20-13-12-16(2)15-21-18-10-7-11-19(14-18)22-17-8-5-4-6-9-17/h4-12,14H,3,13,15H2,1-2H3/b16-12+. The van der Waals surface area contributed by atoms with Crippen molar-refractivity contribution >= 4 is 0 Å². The van der Waals surface area contributed by atoms with Gasteiger partial charge in [-0.1, -0.05) is 30.3 Å². The van der Waals surface area contributed by atoms with Gasteiger partial charge in [0.05, 0.1) is 6.61 Å². The van der Waals surface area contributed by atoms with Crippen molar-refractivity contribution in [1.82, 2.24) is 0 Å². The van der Waals surface area contributed by atoms with E-state index in [1.165, 1.54) is 0 Å². The van der Waals surface area contributed by atoms with E-state index in [0.29, 0.717) is 13.2 Å². The van der Waals surface area contributed by atoms with E-state index in [0.717, 1.165) is 29.4 Å². The van der Waals surface area contributed by atoms with Gasteiger partial charge in [0, 0.05) is 12.7 Å². The Kier molecular flexibility index (Phi) is 6.52. The summed E-state index contributed by atoms with van der Waals surface area (Å²) in [6.45, 7) is 5.91. The van der Waals surface area contributed by atoms with Gasteiger partial charge in [-0.2, -0.15) is 0 Å². The molecule has 22 heavy (non-hydrogen) atoms. The van der Waals surface area contributed by atoms with Gasteiger partial charge in [0.25, 0.3) is 0 Å². The van der Waals surface area contributed by atoms with Gasteiger partial charge in [-0.15, -0.1) is 0 Å². The molecule has 0 aromatic heterocycles. The van der Waals surface area contributed by atoms with Crippen LogP contribution in [0.15, 0.2) is 66.2 Å². The normalized spacial score (nSPS) is 11.3. The van der Waals surface area contributed by atoms with E-state index < -0.39 is 0 Å². The van der Waals surface area contributed by atoms with E-state index in [9.17, 15) is 0 Å². The van der Waals surface area contributed by atoms with Crippen molar-refractivity contribution in [3.05, 3.63) is 66.2 Å². The number of rotatable bonds is 8. The van der Waals surface area contributed by atoms with Crippen LogP contribution in [0.1, 0.15) is 13.8 Å². The van der Waals surface area contributed by atoms with Crippen LogP contribution in [0, 0.1) is 0 Å². The Morgan fingerprint density at radius 2 is 1.68 bits per heavy atom. The van der Waals surface area contributed by atoms with E-state index >= 15 is 0 Å². The lowest BCUT2D eigenvalue weighted by Gasteiger charge is -2.09. The molecule has 0 aliphatic carbocycles. The molecule has 0 unspecified atom stereocenters. The first-order chi connectivity index (χ1) is 10.8. The summed E-state index contributed by atoms with van der Waals surface area (Å²) in [5, 5.41) is 0. The SMILES string of the molecule is CCOC/C=C(\C)COc1cccc(Oc2ccccc2)c1. The molecular formula is C19H22O3. The number of hydrogen-bond donors (Lipinski definition) is 0. The summed E-state index contributed by atoms with van der Waals surface area (Å²) in [5.74, 6) is 2.37. The Hall–Kier alpha value is -2.26. The van der Waals surface area contributed by atoms with Crippen molar-refractivity contribution in [2.75, 3.05) is 19.8 Å².